The third kappa shape index (κ3) is 2.66. The molecule has 0 bridgehead atoms. The Morgan fingerprint density at radius 2 is 2.00 bits per heavy atom. The van der Waals surface area contributed by atoms with Crippen LogP contribution in [0.2, 0.25) is 0 Å². The van der Waals surface area contributed by atoms with Gasteiger partial charge >= 0.3 is 6.09 Å². The molecule has 0 spiro atoms. The third-order valence-corrected chi connectivity index (χ3v) is 3.11. The number of rotatable bonds is 0. The Bertz CT molecular complexity index is 448. The van der Waals surface area contributed by atoms with Gasteiger partial charge in [-0.25, -0.2) is 4.79 Å². The van der Waals surface area contributed by atoms with E-state index in [1.165, 1.54) is 5.56 Å². The summed E-state index contributed by atoms with van der Waals surface area (Å²) in [6.07, 6.45) is 1.76. The lowest BCUT2D eigenvalue weighted by atomic mass is 9.97. The van der Waals surface area contributed by atoms with Gasteiger partial charge in [-0.2, -0.15) is 0 Å². The van der Waals surface area contributed by atoms with Crippen LogP contribution < -0.4 is 4.90 Å². The first-order valence-corrected chi connectivity index (χ1v) is 6.48. The largest absolute Gasteiger partial charge is 0.443 e. The molecule has 0 aromatic heterocycles. The highest BCUT2D eigenvalue weighted by Gasteiger charge is 2.31. The van der Waals surface area contributed by atoms with E-state index in [0.29, 0.717) is 0 Å². The molecule has 1 aromatic rings. The zero-order valence-electron chi connectivity index (χ0n) is 11.6. The summed E-state index contributed by atoms with van der Waals surface area (Å²) < 4.78 is 5.49. The van der Waals surface area contributed by atoms with Crippen molar-refractivity contribution in [2.24, 2.45) is 0 Å². The second kappa shape index (κ2) is 4.63. The number of carbonyl (C=O) groups excluding carboxylic acids is 1. The first kappa shape index (κ1) is 12.9. The second-order valence-corrected chi connectivity index (χ2v) is 5.87. The minimum atomic E-state index is -0.455. The van der Waals surface area contributed by atoms with Gasteiger partial charge in [0.1, 0.15) is 5.60 Å². The number of fused-ring (bicyclic) bond motifs is 1. The van der Waals surface area contributed by atoms with E-state index in [-0.39, 0.29) is 12.1 Å². The Kier molecular flexibility index (Phi) is 3.33. The highest BCUT2D eigenvalue weighted by Crippen LogP contribution is 2.31. The van der Waals surface area contributed by atoms with Crippen molar-refractivity contribution in [2.75, 3.05) is 4.90 Å². The van der Waals surface area contributed by atoms with Gasteiger partial charge in [0, 0.05) is 6.04 Å². The fraction of sp³-hybridized carbons (Fsp3) is 0.533. The molecule has 1 atom stereocenters. The predicted octanol–water partition coefficient (Wildman–Crippen LogP) is 3.76. The van der Waals surface area contributed by atoms with Crippen LogP contribution in [0.1, 0.15) is 39.7 Å². The van der Waals surface area contributed by atoms with Gasteiger partial charge in [0.25, 0.3) is 0 Å². The number of hydrogen-bond donors (Lipinski definition) is 0. The first-order chi connectivity index (χ1) is 8.38. The maximum Gasteiger partial charge on any atom is 0.415 e. The van der Waals surface area contributed by atoms with Gasteiger partial charge < -0.3 is 4.74 Å². The molecule has 0 fully saturated rings. The maximum absolute atomic E-state index is 12.3. The SMILES string of the molecule is CC1CCc2ccccc2N1C(=O)OC(C)(C)C. The van der Waals surface area contributed by atoms with Crippen LogP contribution in [-0.2, 0) is 11.2 Å². The average Bonchev–Trinajstić information content (AvgIpc) is 2.26. The fourth-order valence-corrected chi connectivity index (χ4v) is 2.28. The molecule has 1 heterocycles. The van der Waals surface area contributed by atoms with Crippen molar-refractivity contribution in [2.45, 2.75) is 52.2 Å². The molecule has 98 valence electrons. The van der Waals surface area contributed by atoms with Crippen LogP contribution in [0.25, 0.3) is 0 Å². The van der Waals surface area contributed by atoms with Crippen molar-refractivity contribution in [1.29, 1.82) is 0 Å². The van der Waals surface area contributed by atoms with Crippen molar-refractivity contribution < 1.29 is 9.53 Å². The number of hydrogen-bond acceptors (Lipinski definition) is 2. The highest BCUT2D eigenvalue weighted by atomic mass is 16.6. The standard InChI is InChI=1S/C15H21NO2/c1-11-9-10-12-7-5-6-8-13(12)16(11)14(17)18-15(2,3)4/h5-8,11H,9-10H2,1-4H3. The Hall–Kier alpha value is -1.51. The Morgan fingerprint density at radius 3 is 2.67 bits per heavy atom. The molecule has 1 aromatic carbocycles. The predicted molar refractivity (Wildman–Crippen MR) is 72.9 cm³/mol. The van der Waals surface area contributed by atoms with Crippen LogP contribution in [0.5, 0.6) is 0 Å². The van der Waals surface area contributed by atoms with Crippen LogP contribution in [0.15, 0.2) is 24.3 Å². The van der Waals surface area contributed by atoms with Gasteiger partial charge in [-0.3, -0.25) is 4.90 Å². The van der Waals surface area contributed by atoms with E-state index in [1.54, 1.807) is 4.90 Å². The van der Waals surface area contributed by atoms with Crippen LogP contribution in [0, 0.1) is 0 Å². The summed E-state index contributed by atoms with van der Waals surface area (Å²) in [5.74, 6) is 0. The molecule has 1 aliphatic heterocycles. The second-order valence-electron chi connectivity index (χ2n) is 5.87. The van der Waals surface area contributed by atoms with Crippen molar-refractivity contribution in [3.8, 4) is 0 Å². The van der Waals surface area contributed by atoms with E-state index >= 15 is 0 Å². The van der Waals surface area contributed by atoms with E-state index in [9.17, 15) is 4.79 Å². The molecule has 3 nitrogen and oxygen atoms in total. The number of amides is 1. The van der Waals surface area contributed by atoms with E-state index < -0.39 is 5.60 Å². The smallest absolute Gasteiger partial charge is 0.415 e. The molecule has 18 heavy (non-hydrogen) atoms. The van der Waals surface area contributed by atoms with Crippen molar-refractivity contribution >= 4 is 11.8 Å². The first-order valence-electron chi connectivity index (χ1n) is 6.48. The Labute approximate surface area is 109 Å². The zero-order chi connectivity index (χ0) is 13.3. The van der Waals surface area contributed by atoms with Crippen LogP contribution in [0.4, 0.5) is 10.5 Å². The fourth-order valence-electron chi connectivity index (χ4n) is 2.28. The molecule has 1 aliphatic rings. The monoisotopic (exact) mass is 247 g/mol. The van der Waals surface area contributed by atoms with E-state index in [0.717, 1.165) is 18.5 Å². The minimum absolute atomic E-state index is 0.190. The molecule has 2 rings (SSSR count). The molecule has 0 saturated heterocycles. The van der Waals surface area contributed by atoms with Crippen molar-refractivity contribution in [3.05, 3.63) is 29.8 Å². The Balaban J connectivity index is 2.29. The van der Waals surface area contributed by atoms with E-state index in [1.807, 2.05) is 39.0 Å². The van der Waals surface area contributed by atoms with Crippen molar-refractivity contribution in [1.82, 2.24) is 0 Å². The molecule has 0 N–H and O–H groups in total. The summed E-state index contributed by atoms with van der Waals surface area (Å²) in [4.78, 5) is 14.1. The molecular weight excluding hydrogens is 226 g/mol. The molecule has 3 heteroatoms. The number of carbonyl (C=O) groups is 1. The summed E-state index contributed by atoms with van der Waals surface area (Å²) in [5, 5.41) is 0. The molecule has 0 saturated carbocycles. The molecule has 1 unspecified atom stereocenters. The summed E-state index contributed by atoms with van der Waals surface area (Å²) in [6.45, 7) is 7.75. The normalized spacial score (nSPS) is 19.3. The topological polar surface area (TPSA) is 29.5 Å². The van der Waals surface area contributed by atoms with Gasteiger partial charge in [0.2, 0.25) is 0 Å². The van der Waals surface area contributed by atoms with Crippen LogP contribution in [-0.4, -0.2) is 17.7 Å². The van der Waals surface area contributed by atoms with Gasteiger partial charge in [0.05, 0.1) is 5.69 Å². The van der Waals surface area contributed by atoms with Gasteiger partial charge in [-0.15, -0.1) is 0 Å². The van der Waals surface area contributed by atoms with E-state index in [4.69, 9.17) is 4.74 Å². The maximum atomic E-state index is 12.3. The number of anilines is 1. The number of nitrogens with zero attached hydrogens (tertiary/aromatic N) is 1. The van der Waals surface area contributed by atoms with Crippen LogP contribution in [0.3, 0.4) is 0 Å². The number of ether oxygens (including phenoxy) is 1. The number of para-hydroxylation sites is 1. The van der Waals surface area contributed by atoms with Gasteiger partial charge in [0.15, 0.2) is 0 Å². The van der Waals surface area contributed by atoms with E-state index in [2.05, 4.69) is 13.0 Å². The summed E-state index contributed by atoms with van der Waals surface area (Å²) >= 11 is 0. The average molecular weight is 247 g/mol. The summed E-state index contributed by atoms with van der Waals surface area (Å²) in [7, 11) is 0. The summed E-state index contributed by atoms with van der Waals surface area (Å²) in [6, 6.07) is 8.25. The zero-order valence-corrected chi connectivity index (χ0v) is 11.6. The minimum Gasteiger partial charge on any atom is -0.443 e. The molecule has 1 amide bonds. The quantitative estimate of drug-likeness (QED) is 0.698. The van der Waals surface area contributed by atoms with Crippen LogP contribution >= 0.6 is 0 Å². The molecule has 0 aliphatic carbocycles. The highest BCUT2D eigenvalue weighted by molar-refractivity contribution is 5.90. The Morgan fingerprint density at radius 1 is 1.33 bits per heavy atom. The van der Waals surface area contributed by atoms with Gasteiger partial charge in [-0.1, -0.05) is 18.2 Å². The number of benzene rings is 1. The summed E-state index contributed by atoms with van der Waals surface area (Å²) in [5.41, 5.74) is 1.76. The van der Waals surface area contributed by atoms with Gasteiger partial charge in [-0.05, 0) is 52.2 Å². The van der Waals surface area contributed by atoms with Crippen molar-refractivity contribution in [3.63, 3.8) is 0 Å². The molecule has 0 radical (unpaired) electrons. The third-order valence-electron chi connectivity index (χ3n) is 3.11. The molecular formula is C15H21NO2. The lowest BCUT2D eigenvalue weighted by molar-refractivity contribution is 0.0563. The number of aryl methyl sites for hydroxylation is 1. The lowest BCUT2D eigenvalue weighted by Crippen LogP contribution is -2.44. The lowest BCUT2D eigenvalue weighted by Gasteiger charge is -2.36.